The third-order valence-electron chi connectivity index (χ3n) is 3.93. The molecule has 4 nitrogen and oxygen atoms in total. The Balaban J connectivity index is 1.66. The van der Waals surface area contributed by atoms with E-state index >= 15 is 0 Å². The number of nitrogens with one attached hydrogen (secondary N) is 1. The zero-order chi connectivity index (χ0) is 16.0. The molecule has 0 bridgehead atoms. The number of amides is 1. The van der Waals surface area contributed by atoms with E-state index in [-0.39, 0.29) is 12.1 Å². The molecule has 1 fully saturated rings. The van der Waals surface area contributed by atoms with Gasteiger partial charge in [0, 0.05) is 33.7 Å². The summed E-state index contributed by atoms with van der Waals surface area (Å²) in [5.41, 5.74) is 1.32. The molecule has 0 radical (unpaired) electrons. The third kappa shape index (κ3) is 6.20. The lowest BCUT2D eigenvalue weighted by molar-refractivity contribution is 0.147. The van der Waals surface area contributed by atoms with Crippen LogP contribution < -0.4 is 5.32 Å². The Morgan fingerprint density at radius 2 is 2.05 bits per heavy atom. The van der Waals surface area contributed by atoms with Gasteiger partial charge in [0.15, 0.2) is 0 Å². The molecule has 1 aliphatic rings. The normalized spacial score (nSPS) is 19.1. The maximum Gasteiger partial charge on any atom is 0.407 e. The van der Waals surface area contributed by atoms with E-state index in [2.05, 4.69) is 54.1 Å². The van der Waals surface area contributed by atoms with Crippen molar-refractivity contribution in [1.29, 1.82) is 0 Å². The fraction of sp³-hybridized carbons (Fsp3) is 0.588. The molecule has 0 saturated carbocycles. The highest BCUT2D eigenvalue weighted by atomic mass is 28.3. The second kappa shape index (κ2) is 7.79. The number of alkyl carbamates (subject to hydrolysis) is 1. The summed E-state index contributed by atoms with van der Waals surface area (Å²) in [6.07, 6.45) is 0.737. The number of ether oxygens (including phenoxy) is 1. The van der Waals surface area contributed by atoms with E-state index in [9.17, 15) is 4.79 Å². The largest absolute Gasteiger partial charge is 0.450 e. The number of hydrogen-bond donors (Lipinski definition) is 1. The van der Waals surface area contributed by atoms with Crippen molar-refractivity contribution in [3.05, 3.63) is 35.9 Å². The van der Waals surface area contributed by atoms with Gasteiger partial charge in [-0.2, -0.15) is 0 Å². The molecule has 122 valence electrons. The summed E-state index contributed by atoms with van der Waals surface area (Å²) in [5.74, 6) is 0. The number of carbonyl (C=O) groups is 1. The quantitative estimate of drug-likeness (QED) is 0.818. The van der Waals surface area contributed by atoms with Crippen LogP contribution in [0.1, 0.15) is 12.0 Å². The Morgan fingerprint density at radius 3 is 2.73 bits per heavy atom. The smallest absolute Gasteiger partial charge is 0.407 e. The first-order valence-corrected chi connectivity index (χ1v) is 11.8. The van der Waals surface area contributed by atoms with E-state index in [4.69, 9.17) is 4.74 Å². The summed E-state index contributed by atoms with van der Waals surface area (Å²) in [6, 6.07) is 11.7. The standard InChI is InChI=1S/C17H28N2O2Si/c1-22(2,3)12-11-21-17(20)18-16-9-10-19(14-16)13-15-7-5-4-6-8-15/h4-8,16H,9-14H2,1-3H3,(H,18,20). The Labute approximate surface area is 134 Å². The number of rotatable bonds is 6. The van der Waals surface area contributed by atoms with Crippen molar-refractivity contribution in [2.45, 2.75) is 44.7 Å². The summed E-state index contributed by atoms with van der Waals surface area (Å²) in [7, 11) is -1.14. The molecule has 22 heavy (non-hydrogen) atoms. The molecular weight excluding hydrogens is 292 g/mol. The number of nitrogens with zero attached hydrogens (tertiary/aromatic N) is 1. The zero-order valence-electron chi connectivity index (χ0n) is 14.0. The molecule has 1 aromatic carbocycles. The molecule has 1 saturated heterocycles. The average molecular weight is 321 g/mol. The maximum absolute atomic E-state index is 11.8. The van der Waals surface area contributed by atoms with Gasteiger partial charge in [0.05, 0.1) is 6.61 Å². The first-order valence-electron chi connectivity index (χ1n) is 8.12. The molecule has 5 heteroatoms. The summed E-state index contributed by atoms with van der Waals surface area (Å²) < 4.78 is 5.30. The summed E-state index contributed by atoms with van der Waals surface area (Å²) in [4.78, 5) is 14.2. The highest BCUT2D eigenvalue weighted by Crippen LogP contribution is 2.14. The predicted octanol–water partition coefficient (Wildman–Crippen LogP) is 3.33. The van der Waals surface area contributed by atoms with Crippen LogP contribution in [-0.2, 0) is 11.3 Å². The minimum atomic E-state index is -1.14. The summed E-state index contributed by atoms with van der Waals surface area (Å²) >= 11 is 0. The van der Waals surface area contributed by atoms with Crippen LogP contribution in [0.4, 0.5) is 4.79 Å². The van der Waals surface area contributed by atoms with Crippen LogP contribution in [0.5, 0.6) is 0 Å². The molecule has 2 rings (SSSR count). The van der Waals surface area contributed by atoms with Crippen LogP contribution in [0.15, 0.2) is 30.3 Å². The van der Waals surface area contributed by atoms with Crippen molar-refractivity contribution >= 4 is 14.2 Å². The lowest BCUT2D eigenvalue weighted by Gasteiger charge is -2.18. The van der Waals surface area contributed by atoms with Crippen molar-refractivity contribution in [3.63, 3.8) is 0 Å². The van der Waals surface area contributed by atoms with Crippen LogP contribution in [0.25, 0.3) is 0 Å². The van der Waals surface area contributed by atoms with E-state index in [1.807, 2.05) is 6.07 Å². The van der Waals surface area contributed by atoms with E-state index in [0.717, 1.165) is 32.1 Å². The molecule has 1 amide bonds. The van der Waals surface area contributed by atoms with Gasteiger partial charge in [-0.25, -0.2) is 4.79 Å². The van der Waals surface area contributed by atoms with Crippen LogP contribution in [0.2, 0.25) is 25.7 Å². The van der Waals surface area contributed by atoms with E-state index in [1.165, 1.54) is 5.56 Å². The van der Waals surface area contributed by atoms with Gasteiger partial charge in [0.1, 0.15) is 0 Å². The number of carbonyl (C=O) groups excluding carboxylic acids is 1. The van der Waals surface area contributed by atoms with Crippen molar-refractivity contribution in [2.24, 2.45) is 0 Å². The Morgan fingerprint density at radius 1 is 1.32 bits per heavy atom. The molecular formula is C17H28N2O2Si. The van der Waals surface area contributed by atoms with E-state index < -0.39 is 8.07 Å². The first kappa shape index (κ1) is 17.0. The second-order valence-electron chi connectivity index (χ2n) is 7.30. The fourth-order valence-corrected chi connectivity index (χ4v) is 3.31. The summed E-state index contributed by atoms with van der Waals surface area (Å²) in [6.45, 7) is 10.3. The van der Waals surface area contributed by atoms with Gasteiger partial charge in [0.2, 0.25) is 0 Å². The monoisotopic (exact) mass is 320 g/mol. The van der Waals surface area contributed by atoms with Gasteiger partial charge < -0.3 is 10.1 Å². The fourth-order valence-electron chi connectivity index (χ4n) is 2.59. The topological polar surface area (TPSA) is 41.6 Å². The Hall–Kier alpha value is -1.33. The molecule has 0 aromatic heterocycles. The summed E-state index contributed by atoms with van der Waals surface area (Å²) in [5, 5.41) is 2.99. The van der Waals surface area contributed by atoms with Gasteiger partial charge in [-0.1, -0.05) is 50.0 Å². The lowest BCUT2D eigenvalue weighted by atomic mass is 10.2. The van der Waals surface area contributed by atoms with Crippen molar-refractivity contribution in [3.8, 4) is 0 Å². The minimum absolute atomic E-state index is 0.211. The molecule has 1 heterocycles. The van der Waals surface area contributed by atoms with E-state index in [0.29, 0.717) is 6.61 Å². The Bertz CT molecular complexity index is 473. The van der Waals surface area contributed by atoms with Crippen LogP contribution >= 0.6 is 0 Å². The van der Waals surface area contributed by atoms with Gasteiger partial charge in [-0.05, 0) is 18.0 Å². The molecule has 0 aliphatic carbocycles. The third-order valence-corrected chi connectivity index (χ3v) is 5.63. The number of benzene rings is 1. The molecule has 1 aromatic rings. The van der Waals surface area contributed by atoms with Crippen molar-refractivity contribution in [1.82, 2.24) is 10.2 Å². The molecule has 0 spiro atoms. The van der Waals surface area contributed by atoms with Gasteiger partial charge in [-0.3, -0.25) is 4.90 Å². The van der Waals surface area contributed by atoms with E-state index in [1.54, 1.807) is 0 Å². The number of likely N-dealkylation sites (tertiary alicyclic amines) is 1. The van der Waals surface area contributed by atoms with Gasteiger partial charge in [0.25, 0.3) is 0 Å². The predicted molar refractivity (Wildman–Crippen MR) is 92.8 cm³/mol. The first-order chi connectivity index (χ1) is 10.4. The van der Waals surface area contributed by atoms with Crippen LogP contribution in [-0.4, -0.2) is 44.8 Å². The highest BCUT2D eigenvalue weighted by molar-refractivity contribution is 6.76. The van der Waals surface area contributed by atoms with Crippen LogP contribution in [0, 0.1) is 0 Å². The molecule has 1 aliphatic heterocycles. The minimum Gasteiger partial charge on any atom is -0.450 e. The second-order valence-corrected chi connectivity index (χ2v) is 12.9. The average Bonchev–Trinajstić information content (AvgIpc) is 2.85. The van der Waals surface area contributed by atoms with Gasteiger partial charge in [-0.15, -0.1) is 0 Å². The highest BCUT2D eigenvalue weighted by Gasteiger charge is 2.24. The maximum atomic E-state index is 11.8. The molecule has 1 N–H and O–H groups in total. The van der Waals surface area contributed by atoms with Crippen LogP contribution in [0.3, 0.4) is 0 Å². The van der Waals surface area contributed by atoms with Gasteiger partial charge >= 0.3 is 6.09 Å². The van der Waals surface area contributed by atoms with Crippen molar-refractivity contribution < 1.29 is 9.53 Å². The molecule has 1 atom stereocenters. The zero-order valence-corrected chi connectivity index (χ0v) is 15.0. The SMILES string of the molecule is C[Si](C)(C)CCOC(=O)NC1CCN(Cc2ccccc2)C1. The van der Waals surface area contributed by atoms with Crippen molar-refractivity contribution in [2.75, 3.05) is 19.7 Å². The lowest BCUT2D eigenvalue weighted by Crippen LogP contribution is -2.38. The number of hydrogen-bond acceptors (Lipinski definition) is 3. The Kier molecular flexibility index (Phi) is 6.03. The molecule has 1 unspecified atom stereocenters.